The van der Waals surface area contributed by atoms with Gasteiger partial charge in [0.2, 0.25) is 5.88 Å². The van der Waals surface area contributed by atoms with Crippen molar-refractivity contribution < 1.29 is 9.21 Å². The van der Waals surface area contributed by atoms with Crippen LogP contribution < -0.4 is 10.6 Å². The van der Waals surface area contributed by atoms with E-state index in [1.165, 1.54) is 57.8 Å². The molecule has 118 valence electrons. The van der Waals surface area contributed by atoms with Crippen molar-refractivity contribution in [3.63, 3.8) is 0 Å². The Hall–Kier alpha value is -1.45. The normalized spacial score (nSPS) is 19.2. The van der Waals surface area contributed by atoms with Gasteiger partial charge in [-0.25, -0.2) is 4.79 Å². The van der Waals surface area contributed by atoms with Gasteiger partial charge in [-0.05, 0) is 18.9 Å². The maximum atomic E-state index is 12.0. The van der Waals surface area contributed by atoms with E-state index in [1.807, 2.05) is 0 Å². The highest BCUT2D eigenvalue weighted by Crippen LogP contribution is 2.17. The molecule has 0 atom stereocenters. The second-order valence-corrected chi connectivity index (χ2v) is 6.03. The molecule has 0 bridgehead atoms. The molecule has 21 heavy (non-hydrogen) atoms. The minimum Gasteiger partial charge on any atom is -0.449 e. The number of urea groups is 1. The summed E-state index contributed by atoms with van der Waals surface area (Å²) in [6, 6.07) is 3.66. The predicted molar refractivity (Wildman–Crippen MR) is 85.4 cm³/mol. The fourth-order valence-electron chi connectivity index (χ4n) is 2.99. The van der Waals surface area contributed by atoms with Crippen molar-refractivity contribution in [2.45, 2.75) is 76.7 Å². The molecule has 0 unspecified atom stereocenters. The third-order valence-corrected chi connectivity index (χ3v) is 4.20. The lowest BCUT2D eigenvalue weighted by Crippen LogP contribution is -2.37. The zero-order valence-electron chi connectivity index (χ0n) is 12.9. The minimum absolute atomic E-state index is 0.151. The summed E-state index contributed by atoms with van der Waals surface area (Å²) in [5, 5.41) is 5.84. The molecule has 0 saturated heterocycles. The average molecular weight is 292 g/mol. The van der Waals surface area contributed by atoms with Crippen LogP contribution in [0.1, 0.15) is 70.6 Å². The summed E-state index contributed by atoms with van der Waals surface area (Å²) in [6.45, 7) is 0. The summed E-state index contributed by atoms with van der Waals surface area (Å²) < 4.78 is 5.13. The Morgan fingerprint density at radius 1 is 0.952 bits per heavy atom. The van der Waals surface area contributed by atoms with Crippen molar-refractivity contribution >= 4 is 11.9 Å². The fourth-order valence-corrected chi connectivity index (χ4v) is 2.99. The standard InChI is InChI=1S/C17H28N2O2/c20-17(19-16-13-10-14-21-16)18-15-11-8-6-4-2-1-3-5-7-9-12-15/h10,13-15H,1-9,11-12H2,(H2,18,19,20). The molecular weight excluding hydrogens is 264 g/mol. The number of amides is 2. The van der Waals surface area contributed by atoms with Gasteiger partial charge in [0.15, 0.2) is 0 Å². The molecular formula is C17H28N2O2. The summed E-state index contributed by atoms with van der Waals surface area (Å²) >= 11 is 0. The van der Waals surface area contributed by atoms with Crippen LogP contribution in [0.4, 0.5) is 10.7 Å². The quantitative estimate of drug-likeness (QED) is 0.799. The number of hydrogen-bond acceptors (Lipinski definition) is 2. The van der Waals surface area contributed by atoms with Gasteiger partial charge in [0.1, 0.15) is 0 Å². The van der Waals surface area contributed by atoms with Crippen LogP contribution in [0.25, 0.3) is 0 Å². The van der Waals surface area contributed by atoms with E-state index in [0.29, 0.717) is 11.9 Å². The Bertz CT molecular complexity index is 378. The highest BCUT2D eigenvalue weighted by atomic mass is 16.3. The molecule has 1 heterocycles. The molecule has 1 aromatic heterocycles. The average Bonchev–Trinajstić information content (AvgIpc) is 2.94. The highest BCUT2D eigenvalue weighted by Gasteiger charge is 2.13. The number of carbonyl (C=O) groups excluding carboxylic acids is 1. The molecule has 4 nitrogen and oxygen atoms in total. The zero-order valence-corrected chi connectivity index (χ0v) is 12.9. The first-order chi connectivity index (χ1) is 10.3. The van der Waals surface area contributed by atoms with E-state index in [0.717, 1.165) is 12.8 Å². The lowest BCUT2D eigenvalue weighted by molar-refractivity contribution is 0.245. The van der Waals surface area contributed by atoms with Crippen molar-refractivity contribution in [1.29, 1.82) is 0 Å². The molecule has 1 saturated carbocycles. The second-order valence-electron chi connectivity index (χ2n) is 6.03. The van der Waals surface area contributed by atoms with E-state index >= 15 is 0 Å². The van der Waals surface area contributed by atoms with Crippen LogP contribution in [0.15, 0.2) is 22.8 Å². The molecule has 2 rings (SSSR count). The maximum Gasteiger partial charge on any atom is 0.321 e. The Morgan fingerprint density at radius 3 is 2.05 bits per heavy atom. The summed E-state index contributed by atoms with van der Waals surface area (Å²) in [7, 11) is 0. The van der Waals surface area contributed by atoms with Gasteiger partial charge in [0, 0.05) is 12.1 Å². The van der Waals surface area contributed by atoms with Gasteiger partial charge in [-0.2, -0.15) is 0 Å². The molecule has 0 spiro atoms. The molecule has 1 aliphatic rings. The van der Waals surface area contributed by atoms with Gasteiger partial charge >= 0.3 is 6.03 Å². The molecule has 2 amide bonds. The third kappa shape index (κ3) is 6.69. The molecule has 1 aromatic rings. The van der Waals surface area contributed by atoms with Crippen molar-refractivity contribution in [3.8, 4) is 0 Å². The summed E-state index contributed by atoms with van der Waals surface area (Å²) in [5.74, 6) is 0.501. The largest absolute Gasteiger partial charge is 0.449 e. The van der Waals surface area contributed by atoms with Gasteiger partial charge in [-0.15, -0.1) is 0 Å². The van der Waals surface area contributed by atoms with Crippen molar-refractivity contribution in [2.24, 2.45) is 0 Å². The predicted octanol–water partition coefficient (Wildman–Crippen LogP) is 5.07. The third-order valence-electron chi connectivity index (χ3n) is 4.20. The minimum atomic E-state index is -0.151. The Balaban J connectivity index is 1.75. The molecule has 0 aliphatic heterocycles. The van der Waals surface area contributed by atoms with E-state index in [9.17, 15) is 4.79 Å². The number of furan rings is 1. The number of rotatable bonds is 2. The van der Waals surface area contributed by atoms with Gasteiger partial charge in [0.25, 0.3) is 0 Å². The molecule has 0 aromatic carbocycles. The monoisotopic (exact) mass is 292 g/mol. The topological polar surface area (TPSA) is 54.3 Å². The van der Waals surface area contributed by atoms with E-state index in [1.54, 1.807) is 18.4 Å². The van der Waals surface area contributed by atoms with Crippen molar-refractivity contribution in [1.82, 2.24) is 5.32 Å². The lowest BCUT2D eigenvalue weighted by atomic mass is 9.98. The van der Waals surface area contributed by atoms with Crippen LogP contribution in [-0.4, -0.2) is 12.1 Å². The Labute approximate surface area is 127 Å². The van der Waals surface area contributed by atoms with Crippen LogP contribution in [0.3, 0.4) is 0 Å². The first-order valence-electron chi connectivity index (χ1n) is 8.45. The number of hydrogen-bond donors (Lipinski definition) is 2. The van der Waals surface area contributed by atoms with Gasteiger partial charge in [-0.1, -0.05) is 57.8 Å². The first-order valence-corrected chi connectivity index (χ1v) is 8.45. The zero-order chi connectivity index (χ0) is 14.8. The number of carbonyl (C=O) groups is 1. The fraction of sp³-hybridized carbons (Fsp3) is 0.706. The number of anilines is 1. The van der Waals surface area contributed by atoms with Crippen molar-refractivity contribution in [2.75, 3.05) is 5.32 Å². The van der Waals surface area contributed by atoms with E-state index < -0.39 is 0 Å². The SMILES string of the molecule is O=C(Nc1ccco1)NC1CCCCCCCCCCC1. The molecule has 0 radical (unpaired) electrons. The van der Waals surface area contributed by atoms with Gasteiger partial charge in [0.05, 0.1) is 6.26 Å². The van der Waals surface area contributed by atoms with Crippen LogP contribution in [-0.2, 0) is 0 Å². The first kappa shape index (κ1) is 15.9. The molecule has 1 aliphatic carbocycles. The molecule has 1 fully saturated rings. The van der Waals surface area contributed by atoms with Crippen LogP contribution in [0.5, 0.6) is 0 Å². The van der Waals surface area contributed by atoms with E-state index in [-0.39, 0.29) is 6.03 Å². The molecule has 4 heteroatoms. The van der Waals surface area contributed by atoms with E-state index in [4.69, 9.17) is 4.42 Å². The second kappa shape index (κ2) is 9.48. The summed E-state index contributed by atoms with van der Waals surface area (Å²) in [5.41, 5.74) is 0. The van der Waals surface area contributed by atoms with Crippen LogP contribution in [0.2, 0.25) is 0 Å². The Kier molecular flexibility index (Phi) is 7.19. The van der Waals surface area contributed by atoms with Gasteiger partial charge < -0.3 is 9.73 Å². The highest BCUT2D eigenvalue weighted by molar-refractivity contribution is 5.87. The van der Waals surface area contributed by atoms with E-state index in [2.05, 4.69) is 10.6 Å². The summed E-state index contributed by atoms with van der Waals surface area (Å²) in [6.07, 6.45) is 15.6. The van der Waals surface area contributed by atoms with Gasteiger partial charge in [-0.3, -0.25) is 5.32 Å². The van der Waals surface area contributed by atoms with Crippen LogP contribution in [0, 0.1) is 0 Å². The van der Waals surface area contributed by atoms with Crippen LogP contribution >= 0.6 is 0 Å². The summed E-state index contributed by atoms with van der Waals surface area (Å²) in [4.78, 5) is 12.0. The Morgan fingerprint density at radius 2 is 1.52 bits per heavy atom. The lowest BCUT2D eigenvalue weighted by Gasteiger charge is -2.19. The smallest absolute Gasteiger partial charge is 0.321 e. The van der Waals surface area contributed by atoms with Crippen molar-refractivity contribution in [3.05, 3.63) is 18.4 Å². The number of nitrogens with one attached hydrogen (secondary N) is 2. The molecule has 2 N–H and O–H groups in total. The maximum absolute atomic E-state index is 12.0.